The van der Waals surface area contributed by atoms with Gasteiger partial charge in [0.25, 0.3) is 0 Å². The van der Waals surface area contributed by atoms with E-state index in [0.717, 1.165) is 19.3 Å². The molecule has 0 aromatic heterocycles. The summed E-state index contributed by atoms with van der Waals surface area (Å²) in [4.78, 5) is 11.9. The maximum Gasteiger partial charge on any atom is 0.311 e. The first-order valence-corrected chi connectivity index (χ1v) is 6.69. The zero-order valence-electron chi connectivity index (χ0n) is 11.6. The van der Waals surface area contributed by atoms with Crippen LogP contribution in [0.1, 0.15) is 59.3 Å². The van der Waals surface area contributed by atoms with Gasteiger partial charge >= 0.3 is 5.97 Å². The average Bonchev–Trinajstić information content (AvgIpc) is 2.27. The maximum atomic E-state index is 11.9. The second-order valence-electron chi connectivity index (χ2n) is 6.55. The predicted octanol–water partition coefficient (Wildman–Crippen LogP) is 3.86. The summed E-state index contributed by atoms with van der Waals surface area (Å²) in [6, 6.07) is 0. The van der Waals surface area contributed by atoms with Crippen LogP contribution in [0.3, 0.4) is 0 Å². The van der Waals surface area contributed by atoms with Crippen LogP contribution in [-0.2, 0) is 9.53 Å². The van der Waals surface area contributed by atoms with Gasteiger partial charge in [-0.05, 0) is 50.9 Å². The van der Waals surface area contributed by atoms with Crippen molar-refractivity contribution < 1.29 is 9.53 Å². The topological polar surface area (TPSA) is 26.3 Å². The second-order valence-corrected chi connectivity index (χ2v) is 6.55. The van der Waals surface area contributed by atoms with Crippen LogP contribution in [0.5, 0.6) is 0 Å². The Kier molecular flexibility index (Phi) is 3.09. The molecule has 2 aliphatic rings. The first-order valence-electron chi connectivity index (χ1n) is 6.69. The predicted molar refractivity (Wildman–Crippen MR) is 68.6 cm³/mol. The third-order valence-corrected chi connectivity index (χ3v) is 4.73. The minimum Gasteiger partial charge on any atom is -0.469 e. The van der Waals surface area contributed by atoms with E-state index in [-0.39, 0.29) is 11.4 Å². The Hall–Kier alpha value is -0.790. The Morgan fingerprint density at radius 1 is 1.18 bits per heavy atom. The highest BCUT2D eigenvalue weighted by Crippen LogP contribution is 2.51. The number of carbonyl (C=O) groups is 1. The van der Waals surface area contributed by atoms with Crippen molar-refractivity contribution >= 4 is 5.97 Å². The third kappa shape index (κ3) is 2.14. The van der Waals surface area contributed by atoms with Gasteiger partial charge in [-0.15, -0.1) is 0 Å². The molecule has 2 nitrogen and oxygen atoms in total. The molecule has 2 aliphatic carbocycles. The summed E-state index contributed by atoms with van der Waals surface area (Å²) in [5.41, 5.74) is 3.25. The number of rotatable bonds is 1. The third-order valence-electron chi connectivity index (χ3n) is 4.73. The highest BCUT2D eigenvalue weighted by Gasteiger charge is 2.42. The van der Waals surface area contributed by atoms with Crippen LogP contribution in [0.4, 0.5) is 0 Å². The van der Waals surface area contributed by atoms with Gasteiger partial charge in [-0.25, -0.2) is 0 Å². The number of methoxy groups -OCH3 is 1. The van der Waals surface area contributed by atoms with Crippen LogP contribution in [0, 0.1) is 10.8 Å². The average molecular weight is 236 g/mol. The van der Waals surface area contributed by atoms with Crippen LogP contribution < -0.4 is 0 Å². The zero-order valence-corrected chi connectivity index (χ0v) is 11.6. The lowest BCUT2D eigenvalue weighted by atomic mass is 9.62. The summed E-state index contributed by atoms with van der Waals surface area (Å²) in [6.07, 6.45) is 6.68. The van der Waals surface area contributed by atoms with Crippen molar-refractivity contribution in [2.75, 3.05) is 7.11 Å². The van der Waals surface area contributed by atoms with Gasteiger partial charge < -0.3 is 4.74 Å². The monoisotopic (exact) mass is 236 g/mol. The maximum absolute atomic E-state index is 11.9. The van der Waals surface area contributed by atoms with E-state index in [1.54, 1.807) is 11.1 Å². The molecule has 1 unspecified atom stereocenters. The van der Waals surface area contributed by atoms with Crippen LogP contribution in [0.25, 0.3) is 0 Å². The summed E-state index contributed by atoms with van der Waals surface area (Å²) in [5.74, 6) is -0.0348. The summed E-state index contributed by atoms with van der Waals surface area (Å²) in [7, 11) is 1.50. The molecule has 0 radical (unpaired) electrons. The van der Waals surface area contributed by atoms with Crippen LogP contribution in [-0.4, -0.2) is 13.1 Å². The highest BCUT2D eigenvalue weighted by molar-refractivity contribution is 5.77. The summed E-state index contributed by atoms with van der Waals surface area (Å²) < 4.78 is 4.96. The molecule has 96 valence electrons. The molecule has 0 saturated heterocycles. The molecule has 0 bridgehead atoms. The first kappa shape index (κ1) is 12.7. The lowest BCUT2D eigenvalue weighted by Crippen LogP contribution is -2.36. The quantitative estimate of drug-likeness (QED) is 0.510. The number of esters is 1. The molecule has 17 heavy (non-hydrogen) atoms. The molecule has 1 atom stereocenters. The van der Waals surface area contributed by atoms with E-state index in [9.17, 15) is 4.79 Å². The highest BCUT2D eigenvalue weighted by atomic mass is 16.5. The smallest absolute Gasteiger partial charge is 0.311 e. The molecule has 0 aromatic carbocycles. The summed E-state index contributed by atoms with van der Waals surface area (Å²) in [5, 5.41) is 0. The van der Waals surface area contributed by atoms with Crippen molar-refractivity contribution in [3.63, 3.8) is 0 Å². The molecule has 0 fully saturated rings. The van der Waals surface area contributed by atoms with E-state index in [2.05, 4.69) is 20.8 Å². The number of hydrogen-bond acceptors (Lipinski definition) is 2. The van der Waals surface area contributed by atoms with Gasteiger partial charge in [-0.3, -0.25) is 4.79 Å². The molecule has 2 rings (SSSR count). The first-order chi connectivity index (χ1) is 7.89. The van der Waals surface area contributed by atoms with E-state index < -0.39 is 0 Å². The molecule has 0 N–H and O–H groups in total. The lowest BCUT2D eigenvalue weighted by molar-refractivity contribution is -0.152. The van der Waals surface area contributed by atoms with Gasteiger partial charge in [-0.2, -0.15) is 0 Å². The Morgan fingerprint density at radius 2 is 1.88 bits per heavy atom. The molecule has 0 heterocycles. The second kappa shape index (κ2) is 4.15. The van der Waals surface area contributed by atoms with Gasteiger partial charge in [0.1, 0.15) is 0 Å². The SMILES string of the molecule is COC(=O)C1(C)CCC2=C(CCCC2(C)C)C1. The number of carbonyl (C=O) groups excluding carboxylic acids is 1. The van der Waals surface area contributed by atoms with Gasteiger partial charge in [-0.1, -0.05) is 25.0 Å². The number of hydrogen-bond donors (Lipinski definition) is 0. The Bertz CT molecular complexity index is 365. The standard InChI is InChI=1S/C15H24O2/c1-14(2)8-5-6-11-10-15(3,13(16)17-4)9-7-12(11)14/h5-10H2,1-4H3. The minimum absolute atomic E-state index is 0.0348. The van der Waals surface area contributed by atoms with E-state index >= 15 is 0 Å². The van der Waals surface area contributed by atoms with Gasteiger partial charge in [0, 0.05) is 0 Å². The van der Waals surface area contributed by atoms with Crippen LogP contribution in [0.15, 0.2) is 11.1 Å². The fourth-order valence-corrected chi connectivity index (χ4v) is 3.62. The van der Waals surface area contributed by atoms with Crippen LogP contribution in [0.2, 0.25) is 0 Å². The molecular formula is C15H24O2. The van der Waals surface area contributed by atoms with Crippen molar-refractivity contribution in [3.8, 4) is 0 Å². The van der Waals surface area contributed by atoms with Gasteiger partial charge in [0.05, 0.1) is 12.5 Å². The lowest BCUT2D eigenvalue weighted by Gasteiger charge is -2.43. The molecule has 0 aliphatic heterocycles. The summed E-state index contributed by atoms with van der Waals surface area (Å²) >= 11 is 0. The Labute approximate surface area is 104 Å². The van der Waals surface area contributed by atoms with E-state index in [0.29, 0.717) is 5.41 Å². The van der Waals surface area contributed by atoms with Gasteiger partial charge in [0.2, 0.25) is 0 Å². The van der Waals surface area contributed by atoms with E-state index in [1.165, 1.54) is 26.4 Å². The fourth-order valence-electron chi connectivity index (χ4n) is 3.62. The van der Waals surface area contributed by atoms with E-state index in [1.807, 2.05) is 0 Å². The Morgan fingerprint density at radius 3 is 2.53 bits per heavy atom. The van der Waals surface area contributed by atoms with Crippen molar-refractivity contribution in [2.24, 2.45) is 10.8 Å². The molecule has 2 heteroatoms. The number of allylic oxidation sites excluding steroid dienone is 2. The van der Waals surface area contributed by atoms with E-state index in [4.69, 9.17) is 4.74 Å². The molecule has 0 amide bonds. The number of ether oxygens (including phenoxy) is 1. The minimum atomic E-state index is -0.277. The normalized spacial score (nSPS) is 32.0. The van der Waals surface area contributed by atoms with Crippen molar-refractivity contribution in [1.29, 1.82) is 0 Å². The fraction of sp³-hybridized carbons (Fsp3) is 0.800. The van der Waals surface area contributed by atoms with Crippen molar-refractivity contribution in [1.82, 2.24) is 0 Å². The molecule has 0 aromatic rings. The zero-order chi connectivity index (χ0) is 12.7. The summed E-state index contributed by atoms with van der Waals surface area (Å²) in [6.45, 7) is 6.76. The van der Waals surface area contributed by atoms with Crippen LogP contribution >= 0.6 is 0 Å². The molecule has 0 spiro atoms. The Balaban J connectivity index is 2.27. The largest absolute Gasteiger partial charge is 0.469 e. The van der Waals surface area contributed by atoms with Gasteiger partial charge in [0.15, 0.2) is 0 Å². The molecule has 0 saturated carbocycles. The van der Waals surface area contributed by atoms with Crippen molar-refractivity contribution in [3.05, 3.63) is 11.1 Å². The molecular weight excluding hydrogens is 212 g/mol. The van der Waals surface area contributed by atoms with Crippen molar-refractivity contribution in [2.45, 2.75) is 59.3 Å².